The molecule has 1 unspecified atom stereocenters. The van der Waals surface area contributed by atoms with Crippen molar-refractivity contribution in [3.63, 3.8) is 0 Å². The van der Waals surface area contributed by atoms with Crippen LogP contribution in [0.1, 0.15) is 30.9 Å². The molecule has 0 N–H and O–H groups in total. The number of rotatable bonds is 4. The third-order valence-corrected chi connectivity index (χ3v) is 2.57. The van der Waals surface area contributed by atoms with E-state index in [4.69, 9.17) is 4.74 Å². The van der Waals surface area contributed by atoms with Crippen LogP contribution in [-0.2, 0) is 9.53 Å². The third-order valence-electron chi connectivity index (χ3n) is 2.57. The lowest BCUT2D eigenvalue weighted by atomic mass is 9.96. The Bertz CT molecular complexity index is 442. The molecule has 0 bridgehead atoms. The van der Waals surface area contributed by atoms with Gasteiger partial charge in [-0.2, -0.15) is 0 Å². The quantitative estimate of drug-likeness (QED) is 0.458. The number of esters is 1. The van der Waals surface area contributed by atoms with E-state index in [1.54, 1.807) is 26.8 Å². The van der Waals surface area contributed by atoms with Crippen LogP contribution < -0.4 is 0 Å². The van der Waals surface area contributed by atoms with E-state index < -0.39 is 10.8 Å². The minimum atomic E-state index is -0.453. The Kier molecular flexibility index (Phi) is 4.20. The number of hydrogen-bond acceptors (Lipinski definition) is 4. The molecule has 92 valence electrons. The number of benzene rings is 1. The van der Waals surface area contributed by atoms with Gasteiger partial charge in [-0.05, 0) is 31.9 Å². The van der Waals surface area contributed by atoms with Crippen molar-refractivity contribution in [3.05, 3.63) is 39.4 Å². The van der Waals surface area contributed by atoms with Gasteiger partial charge in [0.15, 0.2) is 0 Å². The van der Waals surface area contributed by atoms with E-state index in [-0.39, 0.29) is 11.7 Å². The molecule has 0 aliphatic rings. The van der Waals surface area contributed by atoms with Crippen LogP contribution in [0.15, 0.2) is 18.2 Å². The number of ether oxygens (including phenoxy) is 1. The summed E-state index contributed by atoms with van der Waals surface area (Å²) in [6.45, 7) is 5.55. The Morgan fingerprint density at radius 1 is 1.53 bits per heavy atom. The highest BCUT2D eigenvalue weighted by atomic mass is 16.6. The number of nitro groups is 1. The second-order valence-corrected chi connectivity index (χ2v) is 3.77. The van der Waals surface area contributed by atoms with Crippen LogP contribution in [0.2, 0.25) is 0 Å². The summed E-state index contributed by atoms with van der Waals surface area (Å²) in [5.74, 6) is -0.722. The van der Waals surface area contributed by atoms with E-state index in [0.29, 0.717) is 6.61 Å². The third kappa shape index (κ3) is 3.03. The number of nitrogens with zero attached hydrogens (tertiary/aromatic N) is 1. The summed E-state index contributed by atoms with van der Waals surface area (Å²) in [6, 6.07) is 4.47. The number of aryl methyl sites for hydroxylation is 1. The number of carbonyl (C=O) groups is 1. The monoisotopic (exact) mass is 237 g/mol. The molecule has 1 atom stereocenters. The molecule has 5 nitrogen and oxygen atoms in total. The van der Waals surface area contributed by atoms with Gasteiger partial charge in [0, 0.05) is 12.1 Å². The lowest BCUT2D eigenvalue weighted by Gasteiger charge is -2.13. The van der Waals surface area contributed by atoms with Gasteiger partial charge >= 0.3 is 5.97 Å². The van der Waals surface area contributed by atoms with E-state index in [1.807, 2.05) is 0 Å². The maximum Gasteiger partial charge on any atom is 0.313 e. The molecule has 0 saturated carbocycles. The van der Waals surface area contributed by atoms with Crippen LogP contribution in [0.25, 0.3) is 0 Å². The summed E-state index contributed by atoms with van der Waals surface area (Å²) < 4.78 is 4.92. The number of non-ortho nitro benzene ring substituents is 1. The van der Waals surface area contributed by atoms with Crippen molar-refractivity contribution in [2.45, 2.75) is 26.7 Å². The molecule has 5 heteroatoms. The van der Waals surface area contributed by atoms with Crippen LogP contribution in [0.3, 0.4) is 0 Å². The Balaban J connectivity index is 2.99. The van der Waals surface area contributed by atoms with Gasteiger partial charge in [-0.15, -0.1) is 0 Å². The van der Waals surface area contributed by atoms with Crippen LogP contribution in [0.5, 0.6) is 0 Å². The molecule has 0 aliphatic heterocycles. The van der Waals surface area contributed by atoms with E-state index in [0.717, 1.165) is 11.1 Å². The molecule has 1 rings (SSSR count). The van der Waals surface area contributed by atoms with E-state index in [2.05, 4.69) is 0 Å². The molecule has 0 aromatic heterocycles. The fourth-order valence-electron chi connectivity index (χ4n) is 1.65. The van der Waals surface area contributed by atoms with Crippen molar-refractivity contribution < 1.29 is 14.5 Å². The predicted molar refractivity (Wildman–Crippen MR) is 62.9 cm³/mol. The summed E-state index contributed by atoms with van der Waals surface area (Å²) in [4.78, 5) is 21.7. The molecule has 1 aromatic rings. The SMILES string of the molecule is CCOC(=O)C(C)c1ccc([N+](=O)[O-])cc1C. The molecule has 0 heterocycles. The zero-order valence-corrected chi connectivity index (χ0v) is 10.1. The molecule has 0 aliphatic carbocycles. The van der Waals surface area contributed by atoms with Gasteiger partial charge in [-0.25, -0.2) is 0 Å². The van der Waals surface area contributed by atoms with Gasteiger partial charge in [0.1, 0.15) is 0 Å². The normalized spacial score (nSPS) is 11.9. The molecule has 1 aromatic carbocycles. The molecular formula is C12H15NO4. The molecule has 0 fully saturated rings. The van der Waals surface area contributed by atoms with Crippen LogP contribution in [0.4, 0.5) is 5.69 Å². The van der Waals surface area contributed by atoms with Gasteiger partial charge in [0.2, 0.25) is 0 Å². The predicted octanol–water partition coefficient (Wildman–Crippen LogP) is 2.57. The average Bonchev–Trinajstić information content (AvgIpc) is 2.28. The molecule has 17 heavy (non-hydrogen) atoms. The Labute approximate surface area is 99.5 Å². The Morgan fingerprint density at radius 3 is 2.65 bits per heavy atom. The van der Waals surface area contributed by atoms with E-state index >= 15 is 0 Å². The minimum Gasteiger partial charge on any atom is -0.466 e. The van der Waals surface area contributed by atoms with Crippen molar-refractivity contribution >= 4 is 11.7 Å². The van der Waals surface area contributed by atoms with Gasteiger partial charge in [-0.3, -0.25) is 14.9 Å². The fourth-order valence-corrected chi connectivity index (χ4v) is 1.65. The first kappa shape index (κ1) is 13.2. The first-order valence-corrected chi connectivity index (χ1v) is 5.39. The Morgan fingerprint density at radius 2 is 2.18 bits per heavy atom. The van der Waals surface area contributed by atoms with Crippen LogP contribution in [-0.4, -0.2) is 17.5 Å². The highest BCUT2D eigenvalue weighted by Gasteiger charge is 2.19. The summed E-state index contributed by atoms with van der Waals surface area (Å²) in [7, 11) is 0. The molecule has 0 saturated heterocycles. The number of hydrogen-bond donors (Lipinski definition) is 0. The topological polar surface area (TPSA) is 69.4 Å². The van der Waals surface area contributed by atoms with Crippen molar-refractivity contribution in [2.75, 3.05) is 6.61 Å². The van der Waals surface area contributed by atoms with Gasteiger partial charge in [0.25, 0.3) is 5.69 Å². The van der Waals surface area contributed by atoms with Crippen LogP contribution in [0, 0.1) is 17.0 Å². The zero-order valence-electron chi connectivity index (χ0n) is 10.1. The van der Waals surface area contributed by atoms with Gasteiger partial charge in [-0.1, -0.05) is 6.07 Å². The number of nitro benzene ring substituents is 1. The summed E-state index contributed by atoms with van der Waals surface area (Å²) in [5, 5.41) is 10.6. The highest BCUT2D eigenvalue weighted by molar-refractivity contribution is 5.78. The largest absolute Gasteiger partial charge is 0.466 e. The summed E-state index contributed by atoms with van der Waals surface area (Å²) in [5.41, 5.74) is 1.51. The van der Waals surface area contributed by atoms with E-state index in [9.17, 15) is 14.9 Å². The van der Waals surface area contributed by atoms with Crippen molar-refractivity contribution in [2.24, 2.45) is 0 Å². The van der Waals surface area contributed by atoms with Gasteiger partial charge < -0.3 is 4.74 Å². The lowest BCUT2D eigenvalue weighted by molar-refractivity contribution is -0.384. The minimum absolute atomic E-state index is 0.0299. The van der Waals surface area contributed by atoms with Gasteiger partial charge in [0.05, 0.1) is 17.4 Å². The van der Waals surface area contributed by atoms with Crippen molar-refractivity contribution in [1.82, 2.24) is 0 Å². The number of carbonyl (C=O) groups excluding carboxylic acids is 1. The summed E-state index contributed by atoms with van der Waals surface area (Å²) in [6.07, 6.45) is 0. The lowest BCUT2D eigenvalue weighted by Crippen LogP contribution is -2.14. The first-order chi connectivity index (χ1) is 7.97. The van der Waals surface area contributed by atoms with Crippen LogP contribution >= 0.6 is 0 Å². The molecule has 0 radical (unpaired) electrons. The first-order valence-electron chi connectivity index (χ1n) is 5.39. The maximum atomic E-state index is 11.6. The maximum absolute atomic E-state index is 11.6. The molecular weight excluding hydrogens is 222 g/mol. The molecule has 0 amide bonds. The second kappa shape index (κ2) is 5.43. The average molecular weight is 237 g/mol. The fraction of sp³-hybridized carbons (Fsp3) is 0.417. The van der Waals surface area contributed by atoms with E-state index in [1.165, 1.54) is 12.1 Å². The second-order valence-electron chi connectivity index (χ2n) is 3.77. The smallest absolute Gasteiger partial charge is 0.313 e. The van der Waals surface area contributed by atoms with Crippen molar-refractivity contribution in [3.8, 4) is 0 Å². The highest BCUT2D eigenvalue weighted by Crippen LogP contribution is 2.24. The zero-order chi connectivity index (χ0) is 13.0. The standard InChI is InChI=1S/C12H15NO4/c1-4-17-12(14)9(3)11-6-5-10(13(15)16)7-8(11)2/h5-7,9H,4H2,1-3H3. The summed E-state index contributed by atoms with van der Waals surface area (Å²) >= 11 is 0. The Hall–Kier alpha value is -1.91. The van der Waals surface area contributed by atoms with Crippen molar-refractivity contribution in [1.29, 1.82) is 0 Å². The molecule has 0 spiro atoms.